The molecule has 0 spiro atoms. The van der Waals surface area contributed by atoms with Gasteiger partial charge >= 0.3 is 5.97 Å². The van der Waals surface area contributed by atoms with Crippen molar-refractivity contribution in [1.82, 2.24) is 0 Å². The minimum atomic E-state index is -3.61. The summed E-state index contributed by atoms with van der Waals surface area (Å²) in [5.74, 6) is -0.433. The Morgan fingerprint density at radius 3 is 2.57 bits per heavy atom. The molecule has 0 saturated heterocycles. The molecule has 0 unspecified atom stereocenters. The Morgan fingerprint density at radius 2 is 2.00 bits per heavy atom. The van der Waals surface area contributed by atoms with Gasteiger partial charge in [0, 0.05) is 4.88 Å². The Hall–Kier alpha value is -1.38. The summed E-state index contributed by atoms with van der Waals surface area (Å²) < 4.78 is 32.1. The number of thiophene rings is 2. The predicted molar refractivity (Wildman–Crippen MR) is 84.9 cm³/mol. The van der Waals surface area contributed by atoms with Gasteiger partial charge in [-0.05, 0) is 44.5 Å². The molecule has 0 aromatic carbocycles. The lowest BCUT2D eigenvalue weighted by Gasteiger charge is -2.02. The third kappa shape index (κ3) is 3.63. The van der Waals surface area contributed by atoms with Crippen LogP contribution in [0.25, 0.3) is 0 Å². The van der Waals surface area contributed by atoms with Crippen LogP contribution in [0.5, 0.6) is 0 Å². The number of nitrogens with one attached hydrogen (secondary N) is 1. The zero-order valence-electron chi connectivity index (χ0n) is 11.8. The smallest absolute Gasteiger partial charge is 0.348 e. The number of esters is 1. The van der Waals surface area contributed by atoms with E-state index in [0.29, 0.717) is 15.4 Å². The van der Waals surface area contributed by atoms with Crippen molar-refractivity contribution in [3.63, 3.8) is 0 Å². The van der Waals surface area contributed by atoms with Crippen LogP contribution < -0.4 is 4.72 Å². The maximum Gasteiger partial charge on any atom is 0.348 e. The van der Waals surface area contributed by atoms with Crippen molar-refractivity contribution in [2.24, 2.45) is 0 Å². The summed E-state index contributed by atoms with van der Waals surface area (Å²) in [4.78, 5) is 13.1. The number of hydrogen-bond acceptors (Lipinski definition) is 6. The quantitative estimate of drug-likeness (QED) is 0.843. The van der Waals surface area contributed by atoms with Gasteiger partial charge in [-0.1, -0.05) is 0 Å². The van der Waals surface area contributed by atoms with Crippen molar-refractivity contribution in [1.29, 1.82) is 0 Å². The maximum atomic E-state index is 12.2. The number of anilines is 1. The number of ether oxygens (including phenoxy) is 1. The SMILES string of the molecule is CCOC(=O)c1sc(NS(=O)(=O)c2ccc(C)s2)cc1C. The van der Waals surface area contributed by atoms with E-state index < -0.39 is 16.0 Å². The molecular formula is C13H15NO4S3. The molecule has 0 bridgehead atoms. The Labute approximate surface area is 131 Å². The summed E-state index contributed by atoms with van der Waals surface area (Å²) in [5.41, 5.74) is 0.693. The summed E-state index contributed by atoms with van der Waals surface area (Å²) in [6, 6.07) is 4.95. The van der Waals surface area contributed by atoms with Gasteiger partial charge in [0.25, 0.3) is 10.0 Å². The largest absolute Gasteiger partial charge is 0.462 e. The van der Waals surface area contributed by atoms with Crippen LogP contribution in [0.4, 0.5) is 5.00 Å². The van der Waals surface area contributed by atoms with Gasteiger partial charge in [0.1, 0.15) is 14.1 Å². The summed E-state index contributed by atoms with van der Waals surface area (Å²) in [6.45, 7) is 5.60. The summed E-state index contributed by atoms with van der Waals surface area (Å²) in [7, 11) is -3.61. The molecule has 0 fully saturated rings. The Bertz CT molecular complexity index is 758. The van der Waals surface area contributed by atoms with Crippen LogP contribution in [0.3, 0.4) is 0 Å². The summed E-state index contributed by atoms with van der Waals surface area (Å²) in [5, 5.41) is 0.404. The minimum Gasteiger partial charge on any atom is -0.462 e. The van der Waals surface area contributed by atoms with E-state index in [1.54, 1.807) is 32.0 Å². The van der Waals surface area contributed by atoms with Gasteiger partial charge in [-0.15, -0.1) is 22.7 Å². The second-order valence-corrected chi connectivity index (χ2v) is 8.56. The molecule has 1 N–H and O–H groups in total. The van der Waals surface area contributed by atoms with Crippen molar-refractivity contribution in [2.45, 2.75) is 25.0 Å². The maximum absolute atomic E-state index is 12.2. The second kappa shape index (κ2) is 6.17. The average Bonchev–Trinajstić information content (AvgIpc) is 2.96. The van der Waals surface area contributed by atoms with E-state index in [1.165, 1.54) is 11.3 Å². The predicted octanol–water partition coefficient (Wildman–Crippen LogP) is 3.40. The highest BCUT2D eigenvalue weighted by molar-refractivity contribution is 7.94. The van der Waals surface area contributed by atoms with E-state index in [9.17, 15) is 13.2 Å². The van der Waals surface area contributed by atoms with Crippen molar-refractivity contribution >= 4 is 43.7 Å². The molecule has 2 aromatic rings. The van der Waals surface area contributed by atoms with E-state index in [0.717, 1.165) is 16.2 Å². The number of sulfonamides is 1. The van der Waals surface area contributed by atoms with Gasteiger partial charge < -0.3 is 4.74 Å². The second-order valence-electron chi connectivity index (χ2n) is 4.31. The standard InChI is InChI=1S/C13H15NO4S3/c1-4-18-13(15)12-8(2)7-10(20-12)14-21(16,17)11-6-5-9(3)19-11/h5-7,14H,4H2,1-3H3. The fourth-order valence-corrected chi connectivity index (χ4v) is 5.20. The average molecular weight is 345 g/mol. The molecule has 0 atom stereocenters. The zero-order valence-corrected chi connectivity index (χ0v) is 14.2. The van der Waals surface area contributed by atoms with Crippen LogP contribution >= 0.6 is 22.7 Å². The molecule has 0 radical (unpaired) electrons. The molecule has 0 amide bonds. The highest BCUT2D eigenvalue weighted by atomic mass is 32.2. The normalized spacial score (nSPS) is 11.4. The third-order valence-corrected chi connectivity index (χ3v) is 6.71. The molecule has 8 heteroatoms. The minimum absolute atomic E-state index is 0.253. The molecule has 5 nitrogen and oxygen atoms in total. The highest BCUT2D eigenvalue weighted by Crippen LogP contribution is 2.30. The molecule has 114 valence electrons. The van der Waals surface area contributed by atoms with E-state index in [-0.39, 0.29) is 10.8 Å². The molecule has 0 saturated carbocycles. The molecule has 2 rings (SSSR count). The van der Waals surface area contributed by atoms with E-state index in [1.807, 2.05) is 6.92 Å². The van der Waals surface area contributed by atoms with Gasteiger partial charge in [0.2, 0.25) is 0 Å². The number of carbonyl (C=O) groups excluding carboxylic acids is 1. The van der Waals surface area contributed by atoms with Gasteiger partial charge in [-0.25, -0.2) is 13.2 Å². The Balaban J connectivity index is 2.24. The van der Waals surface area contributed by atoms with Crippen LogP contribution in [0.2, 0.25) is 0 Å². The molecule has 2 heterocycles. The number of carbonyl (C=O) groups is 1. The van der Waals surface area contributed by atoms with Gasteiger partial charge in [-0.3, -0.25) is 4.72 Å². The van der Waals surface area contributed by atoms with Crippen LogP contribution in [0, 0.1) is 13.8 Å². The summed E-state index contributed by atoms with van der Waals surface area (Å²) >= 11 is 2.28. The van der Waals surface area contributed by atoms with E-state index in [2.05, 4.69) is 4.72 Å². The van der Waals surface area contributed by atoms with Crippen molar-refractivity contribution in [3.8, 4) is 0 Å². The van der Waals surface area contributed by atoms with Crippen molar-refractivity contribution in [3.05, 3.63) is 33.5 Å². The first-order valence-corrected chi connectivity index (χ1v) is 9.32. The lowest BCUT2D eigenvalue weighted by atomic mass is 10.3. The topological polar surface area (TPSA) is 72.5 Å². The third-order valence-electron chi connectivity index (χ3n) is 2.59. The lowest BCUT2D eigenvalue weighted by Crippen LogP contribution is -2.10. The van der Waals surface area contributed by atoms with Crippen molar-refractivity contribution in [2.75, 3.05) is 11.3 Å². The molecule has 21 heavy (non-hydrogen) atoms. The van der Waals surface area contributed by atoms with Gasteiger partial charge in [0.15, 0.2) is 0 Å². The molecule has 2 aromatic heterocycles. The molecule has 0 aliphatic carbocycles. The van der Waals surface area contributed by atoms with Crippen LogP contribution in [-0.4, -0.2) is 21.0 Å². The van der Waals surface area contributed by atoms with Crippen LogP contribution in [0.1, 0.15) is 27.0 Å². The van der Waals surface area contributed by atoms with Crippen LogP contribution in [-0.2, 0) is 14.8 Å². The fourth-order valence-electron chi connectivity index (χ4n) is 1.67. The van der Waals surface area contributed by atoms with Gasteiger partial charge in [-0.2, -0.15) is 0 Å². The number of rotatable bonds is 5. The van der Waals surface area contributed by atoms with E-state index >= 15 is 0 Å². The summed E-state index contributed by atoms with van der Waals surface area (Å²) in [6.07, 6.45) is 0. The first-order valence-electron chi connectivity index (χ1n) is 6.20. The van der Waals surface area contributed by atoms with Gasteiger partial charge in [0.05, 0.1) is 6.61 Å². The molecule has 0 aliphatic rings. The first-order chi connectivity index (χ1) is 9.83. The number of hydrogen-bond donors (Lipinski definition) is 1. The van der Waals surface area contributed by atoms with E-state index in [4.69, 9.17) is 4.74 Å². The van der Waals surface area contributed by atoms with Crippen LogP contribution in [0.15, 0.2) is 22.4 Å². The highest BCUT2D eigenvalue weighted by Gasteiger charge is 2.20. The Morgan fingerprint density at radius 1 is 1.29 bits per heavy atom. The number of aryl methyl sites for hydroxylation is 2. The molecular weight excluding hydrogens is 330 g/mol. The fraction of sp³-hybridized carbons (Fsp3) is 0.308. The lowest BCUT2D eigenvalue weighted by molar-refractivity contribution is 0.0531. The first kappa shape index (κ1) is 16.0. The monoisotopic (exact) mass is 345 g/mol. The zero-order chi connectivity index (χ0) is 15.6. The molecule has 0 aliphatic heterocycles. The Kier molecular flexibility index (Phi) is 4.70. The van der Waals surface area contributed by atoms with Crippen molar-refractivity contribution < 1.29 is 17.9 Å².